The monoisotopic (exact) mass is 740 g/mol. The molecule has 2 saturated heterocycles. The van der Waals surface area contributed by atoms with E-state index in [1.807, 2.05) is 36.3 Å². The van der Waals surface area contributed by atoms with Crippen LogP contribution in [0, 0.1) is 0 Å². The molecule has 0 aliphatic carbocycles. The van der Waals surface area contributed by atoms with Crippen LogP contribution in [0.2, 0.25) is 51.4 Å². The predicted octanol–water partition coefficient (Wildman–Crippen LogP) is 6.89. The molecule has 14 heteroatoms. The molecule has 1 unspecified atom stereocenters. The molecule has 5 rings (SSSR count). The zero-order valence-corrected chi connectivity index (χ0v) is 34.2. The van der Waals surface area contributed by atoms with Gasteiger partial charge in [0, 0.05) is 76.4 Å². The van der Waals surface area contributed by atoms with Gasteiger partial charge in [0.2, 0.25) is 0 Å². The topological polar surface area (TPSA) is 135 Å². The summed E-state index contributed by atoms with van der Waals surface area (Å²) in [6, 6.07) is 8.05. The van der Waals surface area contributed by atoms with E-state index in [0.29, 0.717) is 38.0 Å². The average Bonchev–Trinajstić information content (AvgIpc) is 3.59. The van der Waals surface area contributed by atoms with Crippen molar-refractivity contribution in [1.29, 1.82) is 0 Å². The maximum absolute atomic E-state index is 13.3. The lowest BCUT2D eigenvalue weighted by Crippen LogP contribution is -2.48. The van der Waals surface area contributed by atoms with Crippen molar-refractivity contribution in [3.8, 4) is 11.1 Å². The van der Waals surface area contributed by atoms with Gasteiger partial charge < -0.3 is 34.2 Å². The number of aliphatic hydroxyl groups excluding tert-OH is 2. The molecular weight excluding hydrogens is 681 g/mol. The number of ether oxygens (including phenoxy) is 3. The van der Waals surface area contributed by atoms with Crippen molar-refractivity contribution in [1.82, 2.24) is 24.5 Å². The van der Waals surface area contributed by atoms with Crippen molar-refractivity contribution in [2.45, 2.75) is 128 Å². The number of piperidine rings is 1. The average molecular weight is 741 g/mol. The highest BCUT2D eigenvalue weighted by atomic mass is 28.3. The molecule has 0 saturated carbocycles. The fourth-order valence-electron chi connectivity index (χ4n) is 6.77. The summed E-state index contributed by atoms with van der Waals surface area (Å²) in [5, 5.41) is 24.4. The summed E-state index contributed by atoms with van der Waals surface area (Å²) in [5.74, 6) is 0.972. The van der Waals surface area contributed by atoms with Crippen LogP contribution in [0.5, 0.6) is 0 Å². The summed E-state index contributed by atoms with van der Waals surface area (Å²) in [5.41, 5.74) is 3.11. The third-order valence-corrected chi connectivity index (χ3v) is 13.1. The van der Waals surface area contributed by atoms with E-state index in [9.17, 15) is 15.0 Å². The highest BCUT2D eigenvalue weighted by Crippen LogP contribution is 2.44. The Labute approximate surface area is 305 Å². The van der Waals surface area contributed by atoms with Gasteiger partial charge in [0.05, 0.1) is 18.5 Å². The first-order valence-corrected chi connectivity index (χ1v) is 25.9. The number of hydrogen-bond donors (Lipinski definition) is 2. The number of carbonyl (C=O) groups excluding carboxylic acids is 1. The van der Waals surface area contributed by atoms with Crippen molar-refractivity contribution in [2.24, 2.45) is 0 Å². The smallest absolute Gasteiger partial charge is 0.410 e. The number of aliphatic hydroxyl groups is 2. The van der Waals surface area contributed by atoms with Crippen LogP contribution in [-0.2, 0) is 14.2 Å². The highest BCUT2D eigenvalue weighted by molar-refractivity contribution is 6.76. The molecule has 1 amide bonds. The van der Waals surface area contributed by atoms with Gasteiger partial charge in [-0.1, -0.05) is 45.3 Å². The minimum atomic E-state index is -1.29. The van der Waals surface area contributed by atoms with Gasteiger partial charge in [-0.25, -0.2) is 9.78 Å². The molecular formula is C37H60N6O6Si2. The first-order chi connectivity index (χ1) is 23.9. The Morgan fingerprint density at radius 3 is 2.10 bits per heavy atom. The van der Waals surface area contributed by atoms with Crippen molar-refractivity contribution < 1.29 is 29.2 Å². The van der Waals surface area contributed by atoms with Gasteiger partial charge >= 0.3 is 6.09 Å². The lowest BCUT2D eigenvalue weighted by Gasteiger charge is -2.39. The van der Waals surface area contributed by atoms with E-state index >= 15 is 0 Å². The molecule has 0 aromatic carbocycles. The molecule has 3 aromatic heterocycles. The number of hydrogen-bond acceptors (Lipinski definition) is 10. The van der Waals surface area contributed by atoms with Crippen LogP contribution < -0.4 is 4.90 Å². The largest absolute Gasteiger partial charge is 0.444 e. The Kier molecular flexibility index (Phi) is 12.3. The van der Waals surface area contributed by atoms with E-state index in [0.717, 1.165) is 60.4 Å². The zero-order chi connectivity index (χ0) is 37.1. The van der Waals surface area contributed by atoms with Crippen LogP contribution in [0.3, 0.4) is 0 Å². The second-order valence-electron chi connectivity index (χ2n) is 17.7. The Morgan fingerprint density at radius 1 is 0.980 bits per heavy atom. The molecule has 282 valence electrons. The number of aromatic nitrogens is 4. The summed E-state index contributed by atoms with van der Waals surface area (Å²) in [6.45, 7) is 21.5. The fourth-order valence-corrected chi connectivity index (χ4v) is 8.28. The minimum absolute atomic E-state index is 0.0926. The van der Waals surface area contributed by atoms with Crippen LogP contribution in [0.15, 0.2) is 30.6 Å². The molecule has 12 nitrogen and oxygen atoms in total. The summed E-state index contributed by atoms with van der Waals surface area (Å²) >= 11 is 0. The molecule has 4 atom stereocenters. The third-order valence-electron chi connectivity index (χ3n) is 9.65. The number of pyridine rings is 1. The van der Waals surface area contributed by atoms with Gasteiger partial charge in [-0.3, -0.25) is 4.98 Å². The molecule has 2 N–H and O–H groups in total. The molecule has 5 heterocycles. The van der Waals surface area contributed by atoms with Crippen LogP contribution in [0.1, 0.15) is 69.9 Å². The van der Waals surface area contributed by atoms with E-state index in [2.05, 4.69) is 55.2 Å². The standard InChI is InChI=1S/C37H60N6O6Si2/c1-37(2,3)49-36(46)42-28-11-12-29(42)19-27(18-28)32-20-34(41(24-47-14-16-50(4,5)6)25-48-15-17-51(7,8)9)43-35(40-32)30(22-39-43)26-10-13-31(38-21-26)33(45)23-44/h10,13,20-22,27-29,33,44-45H,11-12,14-19,23-25H2,1-9H3/t27-,28-,29+,33?. The predicted molar refractivity (Wildman–Crippen MR) is 206 cm³/mol. The number of nitrogens with zero attached hydrogens (tertiary/aromatic N) is 6. The number of anilines is 1. The Hall–Kier alpha value is -2.89. The molecule has 2 fully saturated rings. The van der Waals surface area contributed by atoms with Gasteiger partial charge in [-0.15, -0.1) is 0 Å². The first-order valence-electron chi connectivity index (χ1n) is 18.5. The lowest BCUT2D eigenvalue weighted by molar-refractivity contribution is 0.00568. The normalized spacial score (nSPS) is 20.2. The van der Waals surface area contributed by atoms with E-state index in [1.165, 1.54) is 0 Å². The van der Waals surface area contributed by atoms with E-state index in [1.54, 1.807) is 18.5 Å². The van der Waals surface area contributed by atoms with E-state index in [-0.39, 0.29) is 24.1 Å². The van der Waals surface area contributed by atoms with Crippen LogP contribution in [0.25, 0.3) is 16.8 Å². The fraction of sp³-hybridized carbons (Fsp3) is 0.676. The molecule has 51 heavy (non-hydrogen) atoms. The van der Waals surface area contributed by atoms with Crippen molar-refractivity contribution >= 4 is 33.7 Å². The Morgan fingerprint density at radius 2 is 1.59 bits per heavy atom. The SMILES string of the molecule is CC(C)(C)OC(=O)N1[C@@H]2CC[C@H]1C[C@H](c1cc(N(COCC[Si](C)(C)C)COCC[Si](C)(C)C)n3ncc(-c4ccc(C(O)CO)nc4)c3n1)C2. The molecule has 3 aromatic rings. The number of carbonyl (C=O) groups is 1. The first kappa shape index (κ1) is 39.3. The summed E-state index contributed by atoms with van der Waals surface area (Å²) in [6.07, 6.45) is 5.73. The van der Waals surface area contributed by atoms with Crippen molar-refractivity contribution in [3.05, 3.63) is 42.0 Å². The molecule has 0 spiro atoms. The number of amides is 1. The summed E-state index contributed by atoms with van der Waals surface area (Å²) in [7, 11) is -2.58. The second kappa shape index (κ2) is 16.0. The maximum Gasteiger partial charge on any atom is 0.410 e. The van der Waals surface area contributed by atoms with E-state index in [4.69, 9.17) is 24.3 Å². The summed E-state index contributed by atoms with van der Waals surface area (Å²) in [4.78, 5) is 27.1. The van der Waals surface area contributed by atoms with Crippen LogP contribution in [0.4, 0.5) is 10.6 Å². The van der Waals surface area contributed by atoms with Gasteiger partial charge in [-0.05, 0) is 64.6 Å². The minimum Gasteiger partial charge on any atom is -0.444 e. The van der Waals surface area contributed by atoms with Gasteiger partial charge in [0.15, 0.2) is 5.65 Å². The molecule has 2 aliphatic rings. The molecule has 0 radical (unpaired) electrons. The third kappa shape index (κ3) is 10.4. The van der Waals surface area contributed by atoms with Gasteiger partial charge in [0.25, 0.3) is 0 Å². The number of rotatable bonds is 15. The molecule has 2 bridgehead atoms. The van der Waals surface area contributed by atoms with Gasteiger partial charge in [-0.2, -0.15) is 9.61 Å². The zero-order valence-electron chi connectivity index (χ0n) is 32.2. The Bertz CT molecular complexity index is 1580. The molecule has 2 aliphatic heterocycles. The quantitative estimate of drug-likeness (QED) is 0.0964. The van der Waals surface area contributed by atoms with Crippen LogP contribution >= 0.6 is 0 Å². The van der Waals surface area contributed by atoms with Crippen LogP contribution in [-0.4, -0.2) is 108 Å². The maximum atomic E-state index is 13.3. The lowest BCUT2D eigenvalue weighted by atomic mass is 9.88. The Balaban J connectivity index is 1.52. The van der Waals surface area contributed by atoms with Crippen molar-refractivity contribution in [3.63, 3.8) is 0 Å². The van der Waals surface area contributed by atoms with Crippen molar-refractivity contribution in [2.75, 3.05) is 38.2 Å². The number of fused-ring (bicyclic) bond motifs is 3. The highest BCUT2D eigenvalue weighted by Gasteiger charge is 2.45. The van der Waals surface area contributed by atoms with E-state index < -0.39 is 34.5 Å². The van der Waals surface area contributed by atoms with Gasteiger partial charge in [0.1, 0.15) is 31.0 Å². The second-order valence-corrected chi connectivity index (χ2v) is 28.9. The summed E-state index contributed by atoms with van der Waals surface area (Å²) < 4.78 is 20.4.